The standard InChI is InChI=1S/C24H25N7O2S/c32-34(33,30-14-4-5-15-30)20-12-10-19(11-13-20)25-23-21-24(27-22(26-23)18-8-9-18)31(29-28-21)16-17-6-2-1-3-7-17/h1-3,6-7,10-13,18H,4-5,8-9,14-16H2,(H,25,26,27). The molecule has 1 saturated carbocycles. The van der Waals surface area contributed by atoms with Crippen molar-refractivity contribution in [2.45, 2.75) is 43.0 Å². The van der Waals surface area contributed by atoms with Crippen molar-refractivity contribution in [3.63, 3.8) is 0 Å². The second kappa shape index (κ2) is 8.44. The van der Waals surface area contributed by atoms with Gasteiger partial charge in [0.05, 0.1) is 11.4 Å². The molecule has 2 fully saturated rings. The topological polar surface area (TPSA) is 106 Å². The van der Waals surface area contributed by atoms with Gasteiger partial charge in [0.2, 0.25) is 10.0 Å². The molecular weight excluding hydrogens is 450 g/mol. The normalized spacial score (nSPS) is 16.8. The molecule has 34 heavy (non-hydrogen) atoms. The molecule has 0 radical (unpaired) electrons. The number of benzene rings is 2. The van der Waals surface area contributed by atoms with Gasteiger partial charge in [0.25, 0.3) is 0 Å². The van der Waals surface area contributed by atoms with Crippen LogP contribution in [0.3, 0.4) is 0 Å². The van der Waals surface area contributed by atoms with Gasteiger partial charge in [0.1, 0.15) is 5.82 Å². The predicted molar refractivity (Wildman–Crippen MR) is 128 cm³/mol. The molecule has 0 spiro atoms. The highest BCUT2D eigenvalue weighted by Gasteiger charge is 2.29. The molecule has 1 N–H and O–H groups in total. The van der Waals surface area contributed by atoms with Crippen LogP contribution in [0.15, 0.2) is 59.5 Å². The van der Waals surface area contributed by atoms with Crippen LogP contribution in [0.5, 0.6) is 0 Å². The van der Waals surface area contributed by atoms with E-state index in [0.717, 1.165) is 42.8 Å². The van der Waals surface area contributed by atoms with E-state index in [-0.39, 0.29) is 0 Å². The third-order valence-corrected chi connectivity index (χ3v) is 8.23. The van der Waals surface area contributed by atoms with Crippen molar-refractivity contribution in [1.82, 2.24) is 29.3 Å². The molecule has 0 bridgehead atoms. The lowest BCUT2D eigenvalue weighted by Gasteiger charge is -2.16. The molecule has 2 aromatic carbocycles. The maximum atomic E-state index is 12.8. The van der Waals surface area contributed by atoms with Gasteiger partial charge in [-0.15, -0.1) is 5.10 Å². The van der Waals surface area contributed by atoms with E-state index in [1.807, 2.05) is 30.3 Å². The lowest BCUT2D eigenvalue weighted by Crippen LogP contribution is -2.27. The van der Waals surface area contributed by atoms with Gasteiger partial charge in [0.15, 0.2) is 17.0 Å². The van der Waals surface area contributed by atoms with Gasteiger partial charge < -0.3 is 5.32 Å². The first-order valence-corrected chi connectivity index (χ1v) is 13.0. The van der Waals surface area contributed by atoms with Crippen LogP contribution in [-0.2, 0) is 16.6 Å². The zero-order valence-corrected chi connectivity index (χ0v) is 19.4. The Hall–Kier alpha value is -3.37. The summed E-state index contributed by atoms with van der Waals surface area (Å²) < 4.78 is 29.0. The zero-order valence-electron chi connectivity index (χ0n) is 18.6. The fraction of sp³-hybridized carbons (Fsp3) is 0.333. The SMILES string of the molecule is O=S(=O)(c1ccc(Nc2nc(C3CC3)nc3c2nnn3Cc2ccccc2)cc1)N1CCCC1. The summed E-state index contributed by atoms with van der Waals surface area (Å²) in [6, 6.07) is 16.9. The Balaban J connectivity index is 1.31. The number of aromatic nitrogens is 5. The fourth-order valence-electron chi connectivity index (χ4n) is 4.27. The average molecular weight is 476 g/mol. The molecule has 6 rings (SSSR count). The third kappa shape index (κ3) is 4.03. The lowest BCUT2D eigenvalue weighted by molar-refractivity contribution is 0.477. The van der Waals surface area contributed by atoms with Gasteiger partial charge in [-0.1, -0.05) is 35.5 Å². The van der Waals surface area contributed by atoms with E-state index in [2.05, 4.69) is 15.6 Å². The maximum absolute atomic E-state index is 12.8. The first-order chi connectivity index (χ1) is 16.6. The van der Waals surface area contributed by atoms with E-state index >= 15 is 0 Å². The Morgan fingerprint density at radius 2 is 1.68 bits per heavy atom. The van der Waals surface area contributed by atoms with E-state index < -0.39 is 10.0 Å². The van der Waals surface area contributed by atoms with Crippen molar-refractivity contribution in [1.29, 1.82) is 0 Å². The monoisotopic (exact) mass is 475 g/mol. The molecule has 9 nitrogen and oxygen atoms in total. The lowest BCUT2D eigenvalue weighted by atomic mass is 10.2. The van der Waals surface area contributed by atoms with Gasteiger partial charge in [0, 0.05) is 24.7 Å². The molecule has 1 saturated heterocycles. The van der Waals surface area contributed by atoms with Crippen molar-refractivity contribution in [3.05, 3.63) is 66.0 Å². The maximum Gasteiger partial charge on any atom is 0.243 e. The molecular formula is C24H25N7O2S. The number of sulfonamides is 1. The van der Waals surface area contributed by atoms with E-state index in [4.69, 9.17) is 9.97 Å². The van der Waals surface area contributed by atoms with Crippen LogP contribution in [0.2, 0.25) is 0 Å². The Kier molecular flexibility index (Phi) is 5.26. The fourth-order valence-corrected chi connectivity index (χ4v) is 5.79. The zero-order chi connectivity index (χ0) is 23.1. The number of nitrogens with zero attached hydrogens (tertiary/aromatic N) is 6. The van der Waals surface area contributed by atoms with Crippen molar-refractivity contribution in [2.24, 2.45) is 0 Å². The van der Waals surface area contributed by atoms with Crippen LogP contribution >= 0.6 is 0 Å². The minimum Gasteiger partial charge on any atom is -0.338 e. The summed E-state index contributed by atoms with van der Waals surface area (Å²) in [5.74, 6) is 1.74. The van der Waals surface area contributed by atoms with Gasteiger partial charge in [-0.3, -0.25) is 0 Å². The Morgan fingerprint density at radius 1 is 0.941 bits per heavy atom. The number of nitrogens with one attached hydrogen (secondary N) is 1. The highest BCUT2D eigenvalue weighted by molar-refractivity contribution is 7.89. The molecule has 174 valence electrons. The van der Waals surface area contributed by atoms with Crippen LogP contribution in [0.1, 0.15) is 43.0 Å². The van der Waals surface area contributed by atoms with Gasteiger partial charge in [-0.2, -0.15) is 4.31 Å². The van der Waals surface area contributed by atoms with E-state index in [9.17, 15) is 8.42 Å². The number of hydrogen-bond acceptors (Lipinski definition) is 7. The molecule has 2 aromatic heterocycles. The predicted octanol–water partition coefficient (Wildman–Crippen LogP) is 3.68. The highest BCUT2D eigenvalue weighted by atomic mass is 32.2. The summed E-state index contributed by atoms with van der Waals surface area (Å²) in [7, 11) is -3.44. The van der Waals surface area contributed by atoms with E-state index in [0.29, 0.717) is 47.4 Å². The summed E-state index contributed by atoms with van der Waals surface area (Å²) in [6.07, 6.45) is 3.98. The Bertz CT molecular complexity index is 1430. The molecule has 2 aliphatic rings. The van der Waals surface area contributed by atoms with Crippen molar-refractivity contribution in [2.75, 3.05) is 18.4 Å². The Labute approximate surface area is 197 Å². The first kappa shape index (κ1) is 21.2. The highest BCUT2D eigenvalue weighted by Crippen LogP contribution is 2.39. The first-order valence-electron chi connectivity index (χ1n) is 11.6. The molecule has 0 amide bonds. The van der Waals surface area contributed by atoms with Gasteiger partial charge >= 0.3 is 0 Å². The van der Waals surface area contributed by atoms with Gasteiger partial charge in [-0.05, 0) is 55.5 Å². The Morgan fingerprint density at radius 3 is 2.38 bits per heavy atom. The summed E-state index contributed by atoms with van der Waals surface area (Å²) in [5, 5.41) is 12.0. The minimum absolute atomic E-state index is 0.306. The second-order valence-corrected chi connectivity index (χ2v) is 10.8. The minimum atomic E-state index is -3.44. The van der Waals surface area contributed by atoms with E-state index in [1.54, 1.807) is 33.3 Å². The summed E-state index contributed by atoms with van der Waals surface area (Å²) in [5.41, 5.74) is 3.13. The molecule has 1 aliphatic carbocycles. The van der Waals surface area contributed by atoms with Crippen molar-refractivity contribution in [3.8, 4) is 0 Å². The van der Waals surface area contributed by atoms with Crippen LogP contribution in [0.4, 0.5) is 11.5 Å². The largest absolute Gasteiger partial charge is 0.338 e. The third-order valence-electron chi connectivity index (χ3n) is 6.32. The number of fused-ring (bicyclic) bond motifs is 1. The molecule has 0 unspecified atom stereocenters. The molecule has 1 aliphatic heterocycles. The van der Waals surface area contributed by atoms with Crippen molar-refractivity contribution >= 4 is 32.7 Å². The second-order valence-electron chi connectivity index (χ2n) is 8.87. The quantitative estimate of drug-likeness (QED) is 0.435. The molecule has 0 atom stereocenters. The van der Waals surface area contributed by atoms with Crippen LogP contribution in [-0.4, -0.2) is 50.8 Å². The summed E-state index contributed by atoms with van der Waals surface area (Å²) in [6.45, 7) is 1.74. The summed E-state index contributed by atoms with van der Waals surface area (Å²) in [4.78, 5) is 9.84. The average Bonchev–Trinajstić information content (AvgIpc) is 3.39. The molecule has 4 aromatic rings. The molecule has 3 heterocycles. The number of hydrogen-bond donors (Lipinski definition) is 1. The van der Waals surface area contributed by atoms with Gasteiger partial charge in [-0.25, -0.2) is 23.1 Å². The van der Waals surface area contributed by atoms with Crippen LogP contribution < -0.4 is 5.32 Å². The van der Waals surface area contributed by atoms with Crippen LogP contribution in [0.25, 0.3) is 11.2 Å². The number of anilines is 2. The summed E-state index contributed by atoms with van der Waals surface area (Å²) >= 11 is 0. The molecule has 10 heteroatoms. The number of rotatable bonds is 7. The van der Waals surface area contributed by atoms with Crippen LogP contribution in [0, 0.1) is 0 Å². The van der Waals surface area contributed by atoms with E-state index in [1.165, 1.54) is 0 Å². The smallest absolute Gasteiger partial charge is 0.243 e. The van der Waals surface area contributed by atoms with Crippen molar-refractivity contribution < 1.29 is 8.42 Å².